The molecule has 0 radical (unpaired) electrons. The molecular formula is C26H21N5O2. The Morgan fingerprint density at radius 2 is 1.15 bits per heavy atom. The second kappa shape index (κ2) is 10.6. The van der Waals surface area contributed by atoms with Crippen LogP contribution < -0.4 is 4.74 Å². The van der Waals surface area contributed by atoms with Gasteiger partial charge in [0.1, 0.15) is 5.69 Å². The summed E-state index contributed by atoms with van der Waals surface area (Å²) >= 11 is 0. The minimum Gasteiger partial charge on any atom is -0.503 e. The zero-order chi connectivity index (χ0) is 22.9. The van der Waals surface area contributed by atoms with Crippen LogP contribution in [0.4, 0.5) is 28.4 Å². The predicted molar refractivity (Wildman–Crippen MR) is 130 cm³/mol. The lowest BCUT2D eigenvalue weighted by Gasteiger charge is -2.07. The molecule has 7 nitrogen and oxygen atoms in total. The van der Waals surface area contributed by atoms with E-state index in [2.05, 4.69) is 25.4 Å². The number of nitrogens with zero attached hydrogens (tertiary/aromatic N) is 5. The van der Waals surface area contributed by atoms with Gasteiger partial charge in [0.2, 0.25) is 0 Å². The van der Waals surface area contributed by atoms with Crippen LogP contribution in [0.2, 0.25) is 0 Å². The molecule has 0 heterocycles. The fourth-order valence-corrected chi connectivity index (χ4v) is 2.89. The van der Waals surface area contributed by atoms with Crippen LogP contribution in [0.1, 0.15) is 5.56 Å². The summed E-state index contributed by atoms with van der Waals surface area (Å²) in [4.78, 5) is 4.49. The maximum atomic E-state index is 10.4. The molecule has 0 bridgehead atoms. The van der Waals surface area contributed by atoms with Gasteiger partial charge < -0.3 is 9.84 Å². The molecule has 0 aliphatic heterocycles. The molecule has 0 amide bonds. The van der Waals surface area contributed by atoms with Crippen molar-refractivity contribution in [1.82, 2.24) is 0 Å². The van der Waals surface area contributed by atoms with Crippen molar-refractivity contribution in [1.29, 1.82) is 0 Å². The second-order valence-electron chi connectivity index (χ2n) is 6.94. The number of phenolic OH excluding ortho intramolecular Hbond substituents is 1. The van der Waals surface area contributed by atoms with Gasteiger partial charge in [0.15, 0.2) is 11.5 Å². The number of hydrogen-bond acceptors (Lipinski definition) is 7. The van der Waals surface area contributed by atoms with Gasteiger partial charge in [-0.25, -0.2) is 0 Å². The Hall–Kier alpha value is -4.65. The van der Waals surface area contributed by atoms with E-state index in [0.717, 1.165) is 17.1 Å². The summed E-state index contributed by atoms with van der Waals surface area (Å²) in [6, 6.07) is 29.6. The number of hydrogen-bond donors (Lipinski definition) is 1. The highest BCUT2D eigenvalue weighted by molar-refractivity contribution is 5.85. The summed E-state index contributed by atoms with van der Waals surface area (Å²) in [5, 5.41) is 27.2. The summed E-state index contributed by atoms with van der Waals surface area (Å²) in [7, 11) is 1.48. The molecule has 4 aromatic rings. The van der Waals surface area contributed by atoms with Crippen LogP contribution in [0.3, 0.4) is 0 Å². The Morgan fingerprint density at radius 1 is 0.636 bits per heavy atom. The number of benzene rings is 4. The quantitative estimate of drug-likeness (QED) is 0.235. The average molecular weight is 435 g/mol. The van der Waals surface area contributed by atoms with Gasteiger partial charge in [-0.1, -0.05) is 36.4 Å². The van der Waals surface area contributed by atoms with Gasteiger partial charge in [-0.3, -0.25) is 4.99 Å². The molecule has 1 N–H and O–H groups in total. The highest BCUT2D eigenvalue weighted by atomic mass is 16.5. The van der Waals surface area contributed by atoms with E-state index in [1.807, 2.05) is 84.9 Å². The van der Waals surface area contributed by atoms with Crippen molar-refractivity contribution < 1.29 is 9.84 Å². The van der Waals surface area contributed by atoms with E-state index in [9.17, 15) is 5.11 Å². The molecule has 0 spiro atoms. The van der Waals surface area contributed by atoms with Crippen molar-refractivity contribution in [2.45, 2.75) is 0 Å². The summed E-state index contributed by atoms with van der Waals surface area (Å²) in [5.74, 6) is 0.208. The lowest BCUT2D eigenvalue weighted by Crippen LogP contribution is -1.88. The van der Waals surface area contributed by atoms with Crippen molar-refractivity contribution in [3.63, 3.8) is 0 Å². The van der Waals surface area contributed by atoms with E-state index in [1.54, 1.807) is 18.3 Å². The third kappa shape index (κ3) is 5.95. The average Bonchev–Trinajstić information content (AvgIpc) is 2.88. The third-order valence-electron chi connectivity index (χ3n) is 4.58. The minimum absolute atomic E-state index is 0.0811. The van der Waals surface area contributed by atoms with Gasteiger partial charge in [-0.2, -0.15) is 15.3 Å². The first-order valence-corrected chi connectivity index (χ1v) is 10.2. The Balaban J connectivity index is 1.51. The highest BCUT2D eigenvalue weighted by Gasteiger charge is 2.10. The zero-order valence-electron chi connectivity index (χ0n) is 17.9. The van der Waals surface area contributed by atoms with E-state index < -0.39 is 0 Å². The van der Waals surface area contributed by atoms with Crippen molar-refractivity contribution in [3.05, 3.63) is 103 Å². The zero-order valence-corrected chi connectivity index (χ0v) is 17.9. The lowest BCUT2D eigenvalue weighted by atomic mass is 10.2. The summed E-state index contributed by atoms with van der Waals surface area (Å²) in [5.41, 5.74) is 3.94. The first-order valence-electron chi connectivity index (χ1n) is 10.2. The monoisotopic (exact) mass is 435 g/mol. The molecular weight excluding hydrogens is 414 g/mol. The van der Waals surface area contributed by atoms with E-state index in [0.29, 0.717) is 11.3 Å². The molecule has 0 saturated heterocycles. The summed E-state index contributed by atoms with van der Waals surface area (Å²) in [6.07, 6.45) is 1.67. The maximum absolute atomic E-state index is 10.4. The fourth-order valence-electron chi connectivity index (χ4n) is 2.89. The van der Waals surface area contributed by atoms with E-state index in [4.69, 9.17) is 4.74 Å². The highest BCUT2D eigenvalue weighted by Crippen LogP contribution is 2.38. The lowest BCUT2D eigenvalue weighted by molar-refractivity contribution is 0.374. The smallest absolute Gasteiger partial charge is 0.185 e. The van der Waals surface area contributed by atoms with Crippen LogP contribution in [0.5, 0.6) is 11.5 Å². The molecule has 0 aromatic heterocycles. The number of aliphatic imine (C=N–C) groups is 1. The Labute approximate surface area is 191 Å². The Kier molecular flexibility index (Phi) is 6.92. The van der Waals surface area contributed by atoms with E-state index in [-0.39, 0.29) is 17.2 Å². The van der Waals surface area contributed by atoms with Crippen LogP contribution in [0.25, 0.3) is 0 Å². The van der Waals surface area contributed by atoms with Crippen molar-refractivity contribution in [2.24, 2.45) is 25.4 Å². The minimum atomic E-state index is -0.0811. The van der Waals surface area contributed by atoms with Crippen LogP contribution in [-0.4, -0.2) is 18.4 Å². The van der Waals surface area contributed by atoms with E-state index in [1.165, 1.54) is 7.11 Å². The van der Waals surface area contributed by atoms with Gasteiger partial charge >= 0.3 is 0 Å². The van der Waals surface area contributed by atoms with Gasteiger partial charge in [0.05, 0.1) is 29.9 Å². The van der Waals surface area contributed by atoms with Crippen molar-refractivity contribution >= 4 is 34.7 Å². The van der Waals surface area contributed by atoms with E-state index >= 15 is 0 Å². The van der Waals surface area contributed by atoms with Crippen LogP contribution >= 0.6 is 0 Å². The Morgan fingerprint density at radius 3 is 1.73 bits per heavy atom. The number of phenols is 1. The third-order valence-corrected chi connectivity index (χ3v) is 4.58. The normalized spacial score (nSPS) is 11.5. The van der Waals surface area contributed by atoms with Crippen LogP contribution in [0, 0.1) is 0 Å². The first kappa shape index (κ1) is 21.6. The molecule has 0 atom stereocenters. The molecule has 0 unspecified atom stereocenters. The molecule has 33 heavy (non-hydrogen) atoms. The Bertz CT molecular complexity index is 1290. The van der Waals surface area contributed by atoms with Gasteiger partial charge in [-0.15, -0.1) is 5.11 Å². The molecule has 4 rings (SSSR count). The number of rotatable bonds is 7. The van der Waals surface area contributed by atoms with Crippen LogP contribution in [-0.2, 0) is 0 Å². The molecule has 162 valence electrons. The fraction of sp³-hybridized carbons (Fsp3) is 0.0385. The second-order valence-corrected chi connectivity index (χ2v) is 6.94. The number of aromatic hydroxyl groups is 1. The number of azo groups is 2. The summed E-state index contributed by atoms with van der Waals surface area (Å²) in [6.45, 7) is 0. The number of ether oxygens (including phenoxy) is 1. The molecule has 0 saturated carbocycles. The number of methoxy groups -OCH3 is 1. The van der Waals surface area contributed by atoms with Crippen molar-refractivity contribution in [3.8, 4) is 11.5 Å². The molecule has 0 aliphatic rings. The molecule has 4 aromatic carbocycles. The standard InChI is InChI=1S/C26H21N5O2/c1-33-25-17-19(16-24(26(25)32)31-30-22-10-6-3-7-11-22)18-27-20-12-14-23(15-13-20)29-28-21-8-4-2-5-9-21/h2-18,32H,1H3. The predicted octanol–water partition coefficient (Wildman–Crippen LogP) is 7.98. The largest absolute Gasteiger partial charge is 0.503 e. The maximum Gasteiger partial charge on any atom is 0.185 e. The topological polar surface area (TPSA) is 91.3 Å². The molecule has 0 fully saturated rings. The van der Waals surface area contributed by atoms with Gasteiger partial charge in [-0.05, 0) is 66.2 Å². The van der Waals surface area contributed by atoms with Gasteiger partial charge in [0, 0.05) is 6.21 Å². The van der Waals surface area contributed by atoms with Crippen LogP contribution in [0.15, 0.2) is 123 Å². The summed E-state index contributed by atoms with van der Waals surface area (Å²) < 4.78 is 5.27. The SMILES string of the molecule is COc1cc(C=Nc2ccc(N=Nc3ccccc3)cc2)cc(N=Nc2ccccc2)c1O. The van der Waals surface area contributed by atoms with Gasteiger partial charge in [0.25, 0.3) is 0 Å². The molecule has 7 heteroatoms. The van der Waals surface area contributed by atoms with Crippen molar-refractivity contribution in [2.75, 3.05) is 7.11 Å². The molecule has 0 aliphatic carbocycles. The first-order chi connectivity index (χ1) is 16.2.